The lowest BCUT2D eigenvalue weighted by Gasteiger charge is -2.13. The molecule has 0 radical (unpaired) electrons. The zero-order chi connectivity index (χ0) is 23.0. The van der Waals surface area contributed by atoms with Crippen molar-refractivity contribution in [2.75, 3.05) is 13.7 Å². The first-order chi connectivity index (χ1) is 15.4. The summed E-state index contributed by atoms with van der Waals surface area (Å²) in [6.45, 7) is 2.71. The third kappa shape index (κ3) is 6.09. The summed E-state index contributed by atoms with van der Waals surface area (Å²) in [5.74, 6) is 0.885. The van der Waals surface area contributed by atoms with Crippen LogP contribution in [0.25, 0.3) is 0 Å². The SMILES string of the molecule is CCNS(=O)(=O)c1ccc(C(=O)NCc2ccc(OCc3ccccc3)c(OC)c2)cc1. The molecule has 8 heteroatoms. The van der Waals surface area contributed by atoms with Gasteiger partial charge in [-0.25, -0.2) is 13.1 Å². The molecule has 0 heterocycles. The second kappa shape index (κ2) is 10.8. The molecule has 0 fully saturated rings. The van der Waals surface area contributed by atoms with E-state index in [2.05, 4.69) is 10.0 Å². The number of hydrogen-bond donors (Lipinski definition) is 2. The van der Waals surface area contributed by atoms with Crippen LogP contribution >= 0.6 is 0 Å². The topological polar surface area (TPSA) is 93.7 Å². The molecule has 7 nitrogen and oxygen atoms in total. The summed E-state index contributed by atoms with van der Waals surface area (Å²) in [4.78, 5) is 12.6. The normalized spacial score (nSPS) is 11.1. The maximum Gasteiger partial charge on any atom is 0.251 e. The molecule has 32 heavy (non-hydrogen) atoms. The zero-order valence-corrected chi connectivity index (χ0v) is 18.8. The molecule has 0 saturated heterocycles. The number of hydrogen-bond acceptors (Lipinski definition) is 5. The monoisotopic (exact) mass is 454 g/mol. The second-order valence-electron chi connectivity index (χ2n) is 6.97. The molecule has 0 aromatic heterocycles. The Morgan fingerprint density at radius 2 is 1.62 bits per heavy atom. The summed E-state index contributed by atoms with van der Waals surface area (Å²) in [5.41, 5.74) is 2.26. The standard InChI is InChI=1S/C24H26N2O5S/c1-3-26-32(28,29)21-12-10-20(11-13-21)24(27)25-16-19-9-14-22(23(15-19)30-2)31-17-18-7-5-4-6-8-18/h4-15,26H,3,16-17H2,1-2H3,(H,25,27). The number of benzene rings is 3. The first-order valence-electron chi connectivity index (χ1n) is 10.1. The highest BCUT2D eigenvalue weighted by Crippen LogP contribution is 2.29. The Kier molecular flexibility index (Phi) is 7.86. The van der Waals surface area contributed by atoms with E-state index < -0.39 is 10.0 Å². The molecule has 0 aliphatic carbocycles. The summed E-state index contributed by atoms with van der Waals surface area (Å²) < 4.78 is 37.7. The van der Waals surface area contributed by atoms with E-state index in [1.807, 2.05) is 48.5 Å². The van der Waals surface area contributed by atoms with Crippen molar-refractivity contribution in [2.45, 2.75) is 25.0 Å². The smallest absolute Gasteiger partial charge is 0.251 e. The van der Waals surface area contributed by atoms with E-state index in [0.717, 1.165) is 11.1 Å². The summed E-state index contributed by atoms with van der Waals surface area (Å²) in [5, 5.41) is 2.83. The predicted molar refractivity (Wildman–Crippen MR) is 122 cm³/mol. The van der Waals surface area contributed by atoms with E-state index >= 15 is 0 Å². The van der Waals surface area contributed by atoms with Gasteiger partial charge in [0, 0.05) is 18.7 Å². The fourth-order valence-corrected chi connectivity index (χ4v) is 4.06. The molecule has 0 bridgehead atoms. The molecule has 0 saturated carbocycles. The lowest BCUT2D eigenvalue weighted by molar-refractivity contribution is 0.0950. The fourth-order valence-electron chi connectivity index (χ4n) is 3.02. The Labute approximate surface area is 188 Å². The van der Waals surface area contributed by atoms with Crippen LogP contribution in [-0.4, -0.2) is 28.0 Å². The first-order valence-corrected chi connectivity index (χ1v) is 11.6. The van der Waals surface area contributed by atoms with Crippen LogP contribution in [0.5, 0.6) is 11.5 Å². The number of methoxy groups -OCH3 is 1. The van der Waals surface area contributed by atoms with Crippen molar-refractivity contribution in [3.8, 4) is 11.5 Å². The van der Waals surface area contributed by atoms with Crippen LogP contribution < -0.4 is 19.5 Å². The average molecular weight is 455 g/mol. The highest BCUT2D eigenvalue weighted by molar-refractivity contribution is 7.89. The highest BCUT2D eigenvalue weighted by Gasteiger charge is 2.14. The van der Waals surface area contributed by atoms with Gasteiger partial charge in [0.05, 0.1) is 12.0 Å². The quantitative estimate of drug-likeness (QED) is 0.489. The molecule has 0 aliphatic heterocycles. The van der Waals surface area contributed by atoms with E-state index in [0.29, 0.717) is 30.2 Å². The van der Waals surface area contributed by atoms with Gasteiger partial charge in [0.1, 0.15) is 6.61 Å². The molecular weight excluding hydrogens is 428 g/mol. The summed E-state index contributed by atoms with van der Waals surface area (Å²) in [6.07, 6.45) is 0. The van der Waals surface area contributed by atoms with Gasteiger partial charge in [0.25, 0.3) is 5.91 Å². The van der Waals surface area contributed by atoms with E-state index in [1.165, 1.54) is 24.3 Å². The Morgan fingerprint density at radius 1 is 0.906 bits per heavy atom. The lowest BCUT2D eigenvalue weighted by Crippen LogP contribution is -2.24. The van der Waals surface area contributed by atoms with Crippen molar-refractivity contribution in [3.05, 3.63) is 89.5 Å². The van der Waals surface area contributed by atoms with Gasteiger partial charge in [-0.3, -0.25) is 4.79 Å². The van der Waals surface area contributed by atoms with Crippen LogP contribution in [0.4, 0.5) is 0 Å². The van der Waals surface area contributed by atoms with Gasteiger partial charge in [-0.1, -0.05) is 43.3 Å². The molecule has 1 amide bonds. The van der Waals surface area contributed by atoms with Crippen molar-refractivity contribution in [1.82, 2.24) is 10.0 Å². The summed E-state index contributed by atoms with van der Waals surface area (Å²) in [7, 11) is -1.98. The van der Waals surface area contributed by atoms with Crippen LogP contribution in [0.2, 0.25) is 0 Å². The molecular formula is C24H26N2O5S. The molecule has 3 aromatic rings. The Morgan fingerprint density at radius 3 is 2.28 bits per heavy atom. The van der Waals surface area contributed by atoms with Gasteiger partial charge in [-0.05, 0) is 47.5 Å². The van der Waals surface area contributed by atoms with Crippen molar-refractivity contribution in [3.63, 3.8) is 0 Å². The van der Waals surface area contributed by atoms with Gasteiger partial charge in [0.15, 0.2) is 11.5 Å². The number of rotatable bonds is 10. The van der Waals surface area contributed by atoms with Gasteiger partial charge >= 0.3 is 0 Å². The molecule has 2 N–H and O–H groups in total. The van der Waals surface area contributed by atoms with E-state index in [9.17, 15) is 13.2 Å². The molecule has 3 rings (SSSR count). The van der Waals surface area contributed by atoms with Gasteiger partial charge in [0.2, 0.25) is 10.0 Å². The molecule has 0 spiro atoms. The van der Waals surface area contributed by atoms with Crippen molar-refractivity contribution in [1.29, 1.82) is 0 Å². The van der Waals surface area contributed by atoms with Crippen LogP contribution in [0.15, 0.2) is 77.7 Å². The van der Waals surface area contributed by atoms with Gasteiger partial charge in [-0.2, -0.15) is 0 Å². The largest absolute Gasteiger partial charge is 0.493 e. The number of carbonyl (C=O) groups is 1. The molecule has 3 aromatic carbocycles. The van der Waals surface area contributed by atoms with Crippen molar-refractivity contribution in [2.24, 2.45) is 0 Å². The molecule has 168 valence electrons. The van der Waals surface area contributed by atoms with Crippen LogP contribution in [-0.2, 0) is 23.2 Å². The molecule has 0 atom stereocenters. The predicted octanol–water partition coefficient (Wildman–Crippen LogP) is 3.50. The highest BCUT2D eigenvalue weighted by atomic mass is 32.2. The Balaban J connectivity index is 1.60. The minimum absolute atomic E-state index is 0.117. The number of sulfonamides is 1. The fraction of sp³-hybridized carbons (Fsp3) is 0.208. The lowest BCUT2D eigenvalue weighted by atomic mass is 10.1. The second-order valence-corrected chi connectivity index (χ2v) is 8.73. The minimum Gasteiger partial charge on any atom is -0.493 e. The third-order valence-corrected chi connectivity index (χ3v) is 6.24. The number of nitrogens with one attached hydrogen (secondary N) is 2. The van der Waals surface area contributed by atoms with Crippen LogP contribution in [0, 0.1) is 0 Å². The van der Waals surface area contributed by atoms with Gasteiger partial charge in [-0.15, -0.1) is 0 Å². The summed E-state index contributed by atoms with van der Waals surface area (Å²) in [6, 6.07) is 21.1. The van der Waals surface area contributed by atoms with Crippen LogP contribution in [0.1, 0.15) is 28.4 Å². The molecule has 0 unspecified atom stereocenters. The van der Waals surface area contributed by atoms with Crippen molar-refractivity contribution >= 4 is 15.9 Å². The molecule has 0 aliphatic rings. The Hall–Kier alpha value is -3.36. The number of carbonyl (C=O) groups excluding carboxylic acids is 1. The number of amides is 1. The average Bonchev–Trinajstić information content (AvgIpc) is 2.82. The minimum atomic E-state index is -3.55. The zero-order valence-electron chi connectivity index (χ0n) is 18.0. The number of ether oxygens (including phenoxy) is 2. The summed E-state index contributed by atoms with van der Waals surface area (Å²) >= 11 is 0. The van der Waals surface area contributed by atoms with Crippen molar-refractivity contribution < 1.29 is 22.7 Å². The maximum atomic E-state index is 12.5. The van der Waals surface area contributed by atoms with Gasteiger partial charge < -0.3 is 14.8 Å². The van der Waals surface area contributed by atoms with E-state index in [1.54, 1.807) is 14.0 Å². The third-order valence-electron chi connectivity index (χ3n) is 4.68. The maximum absolute atomic E-state index is 12.5. The van der Waals surface area contributed by atoms with Crippen LogP contribution in [0.3, 0.4) is 0 Å². The van der Waals surface area contributed by atoms with E-state index in [-0.39, 0.29) is 17.3 Å². The van der Waals surface area contributed by atoms with E-state index in [4.69, 9.17) is 9.47 Å². The first kappa shape index (κ1) is 23.3. The Bertz CT molecular complexity index is 1150.